The first kappa shape index (κ1) is 14.6. The first-order valence-electron chi connectivity index (χ1n) is 7.84. The minimum atomic E-state index is -0.481. The van der Waals surface area contributed by atoms with E-state index in [4.69, 9.17) is 23.2 Å². The van der Waals surface area contributed by atoms with Crippen molar-refractivity contribution in [2.45, 2.75) is 24.1 Å². The number of halogens is 2. The highest BCUT2D eigenvalue weighted by Crippen LogP contribution is 2.45. The van der Waals surface area contributed by atoms with Gasteiger partial charge >= 0.3 is 0 Å². The fraction of sp³-hybridized carbons (Fsp3) is 0.471. The van der Waals surface area contributed by atoms with Crippen LogP contribution in [0, 0.1) is 23.7 Å². The van der Waals surface area contributed by atoms with Crippen LogP contribution in [0.5, 0.6) is 0 Å². The minimum Gasteiger partial charge on any atom is -0.342 e. The lowest BCUT2D eigenvalue weighted by Crippen LogP contribution is -2.51. The molecule has 22 heavy (non-hydrogen) atoms. The molecule has 6 unspecified atom stereocenters. The van der Waals surface area contributed by atoms with Gasteiger partial charge in [-0.1, -0.05) is 65.7 Å². The van der Waals surface area contributed by atoms with Crippen LogP contribution < -0.4 is 10.6 Å². The number of hydrogen-bond acceptors (Lipinski definition) is 3. The monoisotopic (exact) mass is 335 g/mol. The van der Waals surface area contributed by atoms with Gasteiger partial charge in [-0.2, -0.15) is 0 Å². The van der Waals surface area contributed by atoms with E-state index in [1.165, 1.54) is 12.0 Å². The van der Waals surface area contributed by atoms with Crippen LogP contribution in [0.15, 0.2) is 53.1 Å². The third-order valence-corrected chi connectivity index (χ3v) is 5.42. The first-order chi connectivity index (χ1) is 10.7. The molecule has 4 aliphatic rings. The summed E-state index contributed by atoms with van der Waals surface area (Å²) in [6.45, 7) is 0. The van der Waals surface area contributed by atoms with E-state index >= 15 is 0 Å². The van der Waals surface area contributed by atoms with Crippen LogP contribution in [0.1, 0.15) is 12.8 Å². The van der Waals surface area contributed by atoms with E-state index in [0.29, 0.717) is 23.7 Å². The average Bonchev–Trinajstić information content (AvgIpc) is 2.53. The Kier molecular flexibility index (Phi) is 3.89. The summed E-state index contributed by atoms with van der Waals surface area (Å²) in [4.78, 5) is 4.52. The van der Waals surface area contributed by atoms with Crippen molar-refractivity contribution < 1.29 is 0 Å². The van der Waals surface area contributed by atoms with Crippen LogP contribution in [0.25, 0.3) is 0 Å². The lowest BCUT2D eigenvalue weighted by atomic mass is 9.63. The second kappa shape index (κ2) is 5.88. The zero-order chi connectivity index (χ0) is 15.1. The summed E-state index contributed by atoms with van der Waals surface area (Å²) < 4.78 is 0. The molecule has 2 N–H and O–H groups in total. The number of alkyl halides is 2. The van der Waals surface area contributed by atoms with Crippen molar-refractivity contribution in [2.75, 3.05) is 0 Å². The molecule has 0 aromatic carbocycles. The Morgan fingerprint density at radius 1 is 1.09 bits per heavy atom. The van der Waals surface area contributed by atoms with Crippen LogP contribution in [0.4, 0.5) is 0 Å². The standard InChI is InChI=1S/C17H19Cl2N3/c18-16-20-15(21-17(19)22-16)14-9-10-5-1-2-6-11(10)12-7-3-4-8-13(12)14/h2-4,6-13,16-17,22H,1,5H2,(H,20,21). The van der Waals surface area contributed by atoms with E-state index < -0.39 is 5.62 Å². The van der Waals surface area contributed by atoms with Gasteiger partial charge in [-0.25, -0.2) is 10.3 Å². The molecule has 3 nitrogen and oxygen atoms in total. The molecule has 1 aliphatic heterocycles. The molecular weight excluding hydrogens is 317 g/mol. The Labute approximate surface area is 140 Å². The molecule has 0 aromatic rings. The maximum atomic E-state index is 6.18. The van der Waals surface area contributed by atoms with Gasteiger partial charge < -0.3 is 5.32 Å². The SMILES string of the molecule is ClC1N=C(C2=CC3CCC=CC3C3C=CC=CC23)NC(Cl)N1. The molecule has 0 saturated heterocycles. The average molecular weight is 336 g/mol. The quantitative estimate of drug-likeness (QED) is 0.437. The lowest BCUT2D eigenvalue weighted by molar-refractivity contribution is 0.285. The van der Waals surface area contributed by atoms with Crippen molar-refractivity contribution in [1.29, 1.82) is 0 Å². The van der Waals surface area contributed by atoms with Gasteiger partial charge in [0.15, 0.2) is 11.2 Å². The molecule has 1 heterocycles. The molecule has 0 bridgehead atoms. The highest BCUT2D eigenvalue weighted by Gasteiger charge is 2.40. The van der Waals surface area contributed by atoms with Crippen molar-refractivity contribution in [3.05, 3.63) is 48.1 Å². The third kappa shape index (κ3) is 2.55. The highest BCUT2D eigenvalue weighted by molar-refractivity contribution is 6.25. The van der Waals surface area contributed by atoms with Crippen molar-refractivity contribution in [3.8, 4) is 0 Å². The van der Waals surface area contributed by atoms with E-state index in [1.807, 2.05) is 0 Å². The predicted octanol–water partition coefficient (Wildman–Crippen LogP) is 3.50. The molecule has 0 aromatic heterocycles. The Balaban J connectivity index is 1.74. The topological polar surface area (TPSA) is 36.4 Å². The molecular formula is C17H19Cl2N3. The number of nitrogens with one attached hydrogen (secondary N) is 2. The van der Waals surface area contributed by atoms with E-state index in [9.17, 15) is 0 Å². The molecule has 0 radical (unpaired) electrons. The smallest absolute Gasteiger partial charge is 0.180 e. The summed E-state index contributed by atoms with van der Waals surface area (Å²) in [5.41, 5.74) is 0.367. The summed E-state index contributed by atoms with van der Waals surface area (Å²) in [5, 5.41) is 6.16. The Hall–Kier alpha value is -1.03. The number of rotatable bonds is 1. The van der Waals surface area contributed by atoms with Crippen LogP contribution in [-0.4, -0.2) is 17.1 Å². The van der Waals surface area contributed by atoms with Gasteiger partial charge in [-0.05, 0) is 36.2 Å². The summed E-state index contributed by atoms with van der Waals surface area (Å²) in [5.74, 6) is 2.82. The number of hydrogen-bond donors (Lipinski definition) is 2. The number of amidine groups is 1. The van der Waals surface area contributed by atoms with E-state index in [-0.39, 0.29) is 5.62 Å². The summed E-state index contributed by atoms with van der Waals surface area (Å²) >= 11 is 12.3. The van der Waals surface area contributed by atoms with Crippen molar-refractivity contribution in [2.24, 2.45) is 28.7 Å². The maximum absolute atomic E-state index is 6.18. The number of aliphatic imine (C=N–C) groups is 1. The number of allylic oxidation sites excluding steroid dienone is 7. The van der Waals surface area contributed by atoms with Crippen molar-refractivity contribution in [3.63, 3.8) is 0 Å². The lowest BCUT2D eigenvalue weighted by Gasteiger charge is -2.42. The molecule has 0 spiro atoms. The molecule has 6 atom stereocenters. The zero-order valence-corrected chi connectivity index (χ0v) is 13.6. The minimum absolute atomic E-state index is 0.339. The fourth-order valence-corrected chi connectivity index (χ4v) is 4.51. The highest BCUT2D eigenvalue weighted by atomic mass is 35.5. The zero-order valence-electron chi connectivity index (χ0n) is 12.1. The second-order valence-electron chi connectivity index (χ2n) is 6.23. The van der Waals surface area contributed by atoms with Gasteiger partial charge in [0, 0.05) is 5.92 Å². The second-order valence-corrected chi connectivity index (χ2v) is 7.08. The molecule has 0 fully saturated rings. The molecule has 0 saturated carbocycles. The summed E-state index contributed by atoms with van der Waals surface area (Å²) in [6.07, 6.45) is 18.4. The van der Waals surface area contributed by atoms with E-state index in [2.05, 4.69) is 58.2 Å². The van der Waals surface area contributed by atoms with Crippen molar-refractivity contribution >= 4 is 29.0 Å². The Bertz CT molecular complexity index is 605. The van der Waals surface area contributed by atoms with Gasteiger partial charge in [0.05, 0.1) is 0 Å². The normalized spacial score (nSPS) is 42.8. The Morgan fingerprint density at radius 3 is 2.82 bits per heavy atom. The molecule has 116 valence electrons. The molecule has 5 heteroatoms. The number of fused-ring (bicyclic) bond motifs is 3. The molecule has 0 amide bonds. The van der Waals surface area contributed by atoms with Crippen molar-refractivity contribution in [1.82, 2.24) is 10.6 Å². The van der Waals surface area contributed by atoms with Crippen LogP contribution in [-0.2, 0) is 0 Å². The third-order valence-electron chi connectivity index (χ3n) is 4.96. The van der Waals surface area contributed by atoms with Gasteiger partial charge in [0.25, 0.3) is 0 Å². The Morgan fingerprint density at radius 2 is 1.95 bits per heavy atom. The fourth-order valence-electron chi connectivity index (χ4n) is 4.00. The van der Waals surface area contributed by atoms with Gasteiger partial charge in [0.2, 0.25) is 0 Å². The van der Waals surface area contributed by atoms with E-state index in [0.717, 1.165) is 12.3 Å². The largest absolute Gasteiger partial charge is 0.342 e. The first-order valence-corrected chi connectivity index (χ1v) is 8.72. The van der Waals surface area contributed by atoms with Crippen LogP contribution in [0.3, 0.4) is 0 Å². The van der Waals surface area contributed by atoms with Gasteiger partial charge in [0.1, 0.15) is 5.84 Å². The molecule has 3 aliphatic carbocycles. The predicted molar refractivity (Wildman–Crippen MR) is 91.7 cm³/mol. The number of nitrogens with zero attached hydrogens (tertiary/aromatic N) is 1. The van der Waals surface area contributed by atoms with Gasteiger partial charge in [-0.3, -0.25) is 0 Å². The summed E-state index contributed by atoms with van der Waals surface area (Å²) in [7, 11) is 0. The van der Waals surface area contributed by atoms with Gasteiger partial charge in [-0.15, -0.1) is 0 Å². The summed E-state index contributed by atoms with van der Waals surface area (Å²) in [6, 6.07) is 0. The van der Waals surface area contributed by atoms with Crippen LogP contribution in [0.2, 0.25) is 0 Å². The van der Waals surface area contributed by atoms with E-state index in [1.54, 1.807) is 0 Å². The van der Waals surface area contributed by atoms with Crippen LogP contribution >= 0.6 is 23.2 Å². The molecule has 4 rings (SSSR count). The maximum Gasteiger partial charge on any atom is 0.180 e.